The van der Waals surface area contributed by atoms with Crippen LogP contribution in [0.5, 0.6) is 0 Å². The number of esters is 1. The van der Waals surface area contributed by atoms with Gasteiger partial charge in [-0.3, -0.25) is 9.59 Å². The number of aryl methyl sites for hydroxylation is 1. The van der Waals surface area contributed by atoms with Crippen molar-refractivity contribution >= 4 is 18.0 Å². The number of nitrogens with zero attached hydrogens (tertiary/aromatic N) is 2. The molecule has 0 saturated heterocycles. The summed E-state index contributed by atoms with van der Waals surface area (Å²) in [6, 6.07) is 8.00. The van der Waals surface area contributed by atoms with Crippen molar-refractivity contribution in [3.63, 3.8) is 0 Å². The lowest BCUT2D eigenvalue weighted by Crippen LogP contribution is -2.39. The van der Waals surface area contributed by atoms with Gasteiger partial charge in [0.05, 0.1) is 13.0 Å². The zero-order valence-electron chi connectivity index (χ0n) is 16.5. The van der Waals surface area contributed by atoms with E-state index in [1.807, 2.05) is 37.3 Å². The third-order valence-corrected chi connectivity index (χ3v) is 4.28. The predicted octanol–water partition coefficient (Wildman–Crippen LogP) is 3.13. The van der Waals surface area contributed by atoms with E-state index in [0.717, 1.165) is 25.2 Å². The smallest absolute Gasteiger partial charge is 0.307 e. The number of carbonyl (C=O) groups is 2. The lowest BCUT2D eigenvalue weighted by molar-refractivity contribution is -0.143. The summed E-state index contributed by atoms with van der Waals surface area (Å²) in [6.45, 7) is 12.0. The van der Waals surface area contributed by atoms with Crippen LogP contribution in [0, 0.1) is 6.92 Å². The van der Waals surface area contributed by atoms with Gasteiger partial charge in [0.2, 0.25) is 5.91 Å². The summed E-state index contributed by atoms with van der Waals surface area (Å²) in [6.07, 6.45) is 3.62. The Labute approximate surface area is 157 Å². The molecule has 144 valence electrons. The highest BCUT2D eigenvalue weighted by molar-refractivity contribution is 5.92. The summed E-state index contributed by atoms with van der Waals surface area (Å²) in [5.74, 6) is -0.349. The molecule has 1 rings (SSSR count). The van der Waals surface area contributed by atoms with E-state index >= 15 is 0 Å². The van der Waals surface area contributed by atoms with Gasteiger partial charge in [-0.1, -0.05) is 43.7 Å². The van der Waals surface area contributed by atoms with Crippen molar-refractivity contribution in [2.75, 3.05) is 39.3 Å². The Morgan fingerprint density at radius 1 is 1.00 bits per heavy atom. The van der Waals surface area contributed by atoms with Crippen LogP contribution >= 0.6 is 0 Å². The first kappa shape index (κ1) is 21.9. The van der Waals surface area contributed by atoms with Gasteiger partial charge in [-0.25, -0.2) is 0 Å². The van der Waals surface area contributed by atoms with E-state index in [1.54, 1.807) is 17.9 Å². The minimum Gasteiger partial charge on any atom is -0.466 e. The molecule has 0 spiro atoms. The SMILES string of the molecule is CCOC(=O)CCN(CCN(CC)CC)C(=O)/C=C/c1ccc(C)cc1. The molecule has 0 heterocycles. The summed E-state index contributed by atoms with van der Waals surface area (Å²) in [5.41, 5.74) is 2.17. The third kappa shape index (κ3) is 8.30. The van der Waals surface area contributed by atoms with E-state index in [-0.39, 0.29) is 18.3 Å². The van der Waals surface area contributed by atoms with Gasteiger partial charge in [0.15, 0.2) is 0 Å². The average molecular weight is 360 g/mol. The lowest BCUT2D eigenvalue weighted by Gasteiger charge is -2.25. The van der Waals surface area contributed by atoms with E-state index in [9.17, 15) is 9.59 Å². The lowest BCUT2D eigenvalue weighted by atomic mass is 10.1. The summed E-state index contributed by atoms with van der Waals surface area (Å²) in [5, 5.41) is 0. The van der Waals surface area contributed by atoms with Gasteiger partial charge in [0.25, 0.3) is 0 Å². The molecule has 1 aromatic carbocycles. The maximum absolute atomic E-state index is 12.6. The molecule has 0 bridgehead atoms. The highest BCUT2D eigenvalue weighted by Gasteiger charge is 2.14. The van der Waals surface area contributed by atoms with Crippen LogP contribution in [0.2, 0.25) is 0 Å². The van der Waals surface area contributed by atoms with E-state index in [0.29, 0.717) is 19.7 Å². The van der Waals surface area contributed by atoms with Crippen molar-refractivity contribution < 1.29 is 14.3 Å². The molecule has 0 aliphatic rings. The number of benzene rings is 1. The average Bonchev–Trinajstić information content (AvgIpc) is 2.64. The van der Waals surface area contributed by atoms with E-state index in [1.165, 1.54) is 5.56 Å². The number of likely N-dealkylation sites (N-methyl/N-ethyl adjacent to an activating group) is 1. The Morgan fingerprint density at radius 2 is 1.65 bits per heavy atom. The van der Waals surface area contributed by atoms with E-state index in [4.69, 9.17) is 4.74 Å². The van der Waals surface area contributed by atoms with Crippen LogP contribution < -0.4 is 0 Å². The van der Waals surface area contributed by atoms with Crippen LogP contribution in [0.3, 0.4) is 0 Å². The largest absolute Gasteiger partial charge is 0.466 e. The summed E-state index contributed by atoms with van der Waals surface area (Å²) in [4.78, 5) is 28.2. The van der Waals surface area contributed by atoms with Crippen molar-refractivity contribution in [1.82, 2.24) is 9.80 Å². The molecule has 1 amide bonds. The number of carbonyl (C=O) groups excluding carboxylic acids is 2. The molecule has 26 heavy (non-hydrogen) atoms. The molecule has 0 fully saturated rings. The predicted molar refractivity (Wildman–Crippen MR) is 106 cm³/mol. The number of rotatable bonds is 11. The molecule has 1 aromatic rings. The first-order valence-corrected chi connectivity index (χ1v) is 9.41. The Morgan fingerprint density at radius 3 is 2.23 bits per heavy atom. The molecule has 0 radical (unpaired) electrons. The van der Waals surface area contributed by atoms with Crippen LogP contribution in [0.25, 0.3) is 6.08 Å². The molecule has 5 heteroatoms. The van der Waals surface area contributed by atoms with Gasteiger partial charge in [-0.15, -0.1) is 0 Å². The van der Waals surface area contributed by atoms with Crippen molar-refractivity contribution in [2.45, 2.75) is 34.1 Å². The van der Waals surface area contributed by atoms with Crippen molar-refractivity contribution in [3.05, 3.63) is 41.5 Å². The third-order valence-electron chi connectivity index (χ3n) is 4.28. The van der Waals surface area contributed by atoms with Crippen LogP contribution in [0.15, 0.2) is 30.3 Å². The molecule has 0 aromatic heterocycles. The first-order valence-electron chi connectivity index (χ1n) is 9.41. The monoisotopic (exact) mass is 360 g/mol. The van der Waals surface area contributed by atoms with Gasteiger partial charge < -0.3 is 14.5 Å². The molecule has 0 atom stereocenters. The van der Waals surface area contributed by atoms with Crippen LogP contribution in [0.4, 0.5) is 0 Å². The standard InChI is InChI=1S/C21H32N2O3/c1-5-22(6-2)16-17-23(15-14-21(25)26-7-3)20(24)13-12-19-10-8-18(4)9-11-19/h8-13H,5-7,14-17H2,1-4H3/b13-12+. The Hall–Kier alpha value is -2.14. The molecule has 0 N–H and O–H groups in total. The van der Waals surface area contributed by atoms with Gasteiger partial charge in [-0.05, 0) is 38.6 Å². The van der Waals surface area contributed by atoms with Crippen LogP contribution in [-0.2, 0) is 14.3 Å². The molecule has 0 saturated carbocycles. The number of hydrogen-bond acceptors (Lipinski definition) is 4. The highest BCUT2D eigenvalue weighted by atomic mass is 16.5. The number of amides is 1. The molecule has 5 nitrogen and oxygen atoms in total. The molecular weight excluding hydrogens is 328 g/mol. The highest BCUT2D eigenvalue weighted by Crippen LogP contribution is 2.06. The summed E-state index contributed by atoms with van der Waals surface area (Å²) in [7, 11) is 0. The van der Waals surface area contributed by atoms with E-state index < -0.39 is 0 Å². The van der Waals surface area contributed by atoms with Gasteiger partial charge in [0, 0.05) is 25.7 Å². The van der Waals surface area contributed by atoms with Crippen molar-refractivity contribution in [1.29, 1.82) is 0 Å². The minimum atomic E-state index is -0.268. The van der Waals surface area contributed by atoms with Gasteiger partial charge in [-0.2, -0.15) is 0 Å². The zero-order chi connectivity index (χ0) is 19.4. The Kier molecular flexibility index (Phi) is 10.3. The van der Waals surface area contributed by atoms with Crippen LogP contribution in [-0.4, -0.2) is 61.0 Å². The minimum absolute atomic E-state index is 0.0815. The zero-order valence-corrected chi connectivity index (χ0v) is 16.5. The fourth-order valence-electron chi connectivity index (χ4n) is 2.54. The summed E-state index contributed by atoms with van der Waals surface area (Å²) >= 11 is 0. The maximum Gasteiger partial charge on any atom is 0.307 e. The Bertz CT molecular complexity index is 577. The van der Waals surface area contributed by atoms with Crippen LogP contribution in [0.1, 0.15) is 38.3 Å². The summed E-state index contributed by atoms with van der Waals surface area (Å²) < 4.78 is 4.98. The maximum atomic E-state index is 12.6. The van der Waals surface area contributed by atoms with Crippen molar-refractivity contribution in [3.8, 4) is 0 Å². The van der Waals surface area contributed by atoms with Gasteiger partial charge in [0.1, 0.15) is 0 Å². The number of hydrogen-bond donors (Lipinski definition) is 0. The Balaban J connectivity index is 2.71. The fourth-order valence-corrected chi connectivity index (χ4v) is 2.54. The normalized spacial score (nSPS) is 11.1. The second-order valence-electron chi connectivity index (χ2n) is 6.15. The molecular formula is C21H32N2O3. The number of ether oxygens (including phenoxy) is 1. The second kappa shape index (κ2) is 12.3. The molecule has 0 aliphatic carbocycles. The molecule has 0 unspecified atom stereocenters. The van der Waals surface area contributed by atoms with E-state index in [2.05, 4.69) is 18.7 Å². The van der Waals surface area contributed by atoms with Crippen molar-refractivity contribution in [2.24, 2.45) is 0 Å². The quantitative estimate of drug-likeness (QED) is 0.449. The topological polar surface area (TPSA) is 49.9 Å². The second-order valence-corrected chi connectivity index (χ2v) is 6.15. The molecule has 0 aliphatic heterocycles. The van der Waals surface area contributed by atoms with Gasteiger partial charge >= 0.3 is 5.97 Å². The fraction of sp³-hybridized carbons (Fsp3) is 0.524. The first-order chi connectivity index (χ1) is 12.5.